The van der Waals surface area contributed by atoms with Gasteiger partial charge in [-0.3, -0.25) is 0 Å². The number of benzene rings is 2. The number of aromatic hydroxyl groups is 1. The van der Waals surface area contributed by atoms with Crippen LogP contribution in [0.4, 0.5) is 0 Å². The van der Waals surface area contributed by atoms with Gasteiger partial charge in [-0.05, 0) is 22.0 Å². The van der Waals surface area contributed by atoms with Crippen LogP contribution in [-0.2, 0) is 0 Å². The second-order valence-corrected chi connectivity index (χ2v) is 5.26. The molecule has 0 radical (unpaired) electrons. The fourth-order valence-electron chi connectivity index (χ4n) is 2.19. The van der Waals surface area contributed by atoms with Gasteiger partial charge in [-0.25, -0.2) is 4.79 Å². The number of phenolic OH excluding ortho intramolecular Hbond substituents is 1. The van der Waals surface area contributed by atoms with E-state index in [1.165, 1.54) is 13.2 Å². The van der Waals surface area contributed by atoms with Crippen LogP contribution in [0.2, 0.25) is 0 Å². The molecular formula is C16H11BrO4. The van der Waals surface area contributed by atoms with E-state index in [2.05, 4.69) is 15.9 Å². The third-order valence-electron chi connectivity index (χ3n) is 3.21. The summed E-state index contributed by atoms with van der Waals surface area (Å²) in [6.45, 7) is 0. The Morgan fingerprint density at radius 3 is 2.57 bits per heavy atom. The number of fused-ring (bicyclic) bond motifs is 1. The Hall–Kier alpha value is -2.27. The molecule has 3 rings (SSSR count). The molecule has 4 nitrogen and oxygen atoms in total. The summed E-state index contributed by atoms with van der Waals surface area (Å²) in [6.07, 6.45) is 0. The van der Waals surface area contributed by atoms with Crippen molar-refractivity contribution in [3.63, 3.8) is 0 Å². The van der Waals surface area contributed by atoms with Gasteiger partial charge in [0, 0.05) is 17.0 Å². The van der Waals surface area contributed by atoms with Gasteiger partial charge in [0.2, 0.25) is 0 Å². The van der Waals surface area contributed by atoms with E-state index in [-0.39, 0.29) is 11.1 Å². The zero-order valence-electron chi connectivity index (χ0n) is 11.1. The minimum Gasteiger partial charge on any atom is -0.507 e. The van der Waals surface area contributed by atoms with Crippen molar-refractivity contribution < 1.29 is 14.3 Å². The van der Waals surface area contributed by atoms with E-state index >= 15 is 0 Å². The molecule has 0 fully saturated rings. The lowest BCUT2D eigenvalue weighted by molar-refractivity contribution is 0.406. The molecule has 2 aromatic carbocycles. The molecule has 0 aliphatic heterocycles. The smallest absolute Gasteiger partial charge is 0.348 e. The Kier molecular flexibility index (Phi) is 3.43. The number of ether oxygens (including phenoxy) is 1. The van der Waals surface area contributed by atoms with Crippen LogP contribution in [0.1, 0.15) is 0 Å². The van der Waals surface area contributed by atoms with Gasteiger partial charge >= 0.3 is 5.63 Å². The third-order valence-corrected chi connectivity index (χ3v) is 4.02. The van der Waals surface area contributed by atoms with Gasteiger partial charge in [-0.2, -0.15) is 0 Å². The quantitative estimate of drug-likeness (QED) is 0.763. The number of rotatable bonds is 2. The van der Waals surface area contributed by atoms with E-state index < -0.39 is 5.63 Å². The third kappa shape index (κ3) is 2.29. The van der Waals surface area contributed by atoms with Gasteiger partial charge in [0.25, 0.3) is 0 Å². The van der Waals surface area contributed by atoms with Crippen LogP contribution in [0.5, 0.6) is 11.5 Å². The Balaban J connectivity index is 2.38. The minimum absolute atomic E-state index is 0.127. The predicted molar refractivity (Wildman–Crippen MR) is 83.8 cm³/mol. The van der Waals surface area contributed by atoms with Crippen LogP contribution in [0.25, 0.3) is 22.1 Å². The van der Waals surface area contributed by atoms with Gasteiger partial charge < -0.3 is 14.3 Å². The first-order valence-electron chi connectivity index (χ1n) is 6.20. The van der Waals surface area contributed by atoms with Crippen LogP contribution in [-0.4, -0.2) is 12.2 Å². The van der Waals surface area contributed by atoms with Gasteiger partial charge in [0.05, 0.1) is 11.6 Å². The Bertz CT molecular complexity index is 869. The van der Waals surface area contributed by atoms with Crippen molar-refractivity contribution in [1.29, 1.82) is 0 Å². The van der Waals surface area contributed by atoms with Gasteiger partial charge in [0.1, 0.15) is 22.6 Å². The highest BCUT2D eigenvalue weighted by molar-refractivity contribution is 9.10. The Morgan fingerprint density at radius 1 is 1.19 bits per heavy atom. The summed E-state index contributed by atoms with van der Waals surface area (Å²) in [5, 5.41) is 10.7. The van der Waals surface area contributed by atoms with E-state index in [0.29, 0.717) is 21.4 Å². The maximum absolute atomic E-state index is 12.2. The average Bonchev–Trinajstić information content (AvgIpc) is 2.51. The Morgan fingerprint density at radius 2 is 1.90 bits per heavy atom. The van der Waals surface area contributed by atoms with Crippen LogP contribution in [0, 0.1) is 0 Å². The molecule has 0 amide bonds. The van der Waals surface area contributed by atoms with Crippen molar-refractivity contribution in [3.8, 4) is 22.8 Å². The summed E-state index contributed by atoms with van der Waals surface area (Å²) in [4.78, 5) is 12.2. The molecule has 0 aliphatic carbocycles. The molecule has 0 saturated heterocycles. The lowest BCUT2D eigenvalue weighted by Crippen LogP contribution is -2.02. The SMILES string of the molecule is COc1cc(O)c2c(=O)oc(-c3ccccc3)cc2c1Br. The van der Waals surface area contributed by atoms with E-state index in [0.717, 1.165) is 5.56 Å². The zero-order chi connectivity index (χ0) is 15.0. The molecule has 1 heterocycles. The highest BCUT2D eigenvalue weighted by Gasteiger charge is 2.16. The van der Waals surface area contributed by atoms with Crippen molar-refractivity contribution in [2.24, 2.45) is 0 Å². The Labute approximate surface area is 128 Å². The highest BCUT2D eigenvalue weighted by Crippen LogP contribution is 2.38. The van der Waals surface area contributed by atoms with E-state index in [1.807, 2.05) is 30.3 Å². The summed E-state index contributed by atoms with van der Waals surface area (Å²) >= 11 is 3.40. The second-order valence-electron chi connectivity index (χ2n) is 4.46. The molecule has 1 aromatic heterocycles. The predicted octanol–water partition coefficient (Wildman–Crippen LogP) is 3.94. The fraction of sp³-hybridized carbons (Fsp3) is 0.0625. The summed E-state index contributed by atoms with van der Waals surface area (Å²) in [5.41, 5.74) is 0.193. The maximum Gasteiger partial charge on any atom is 0.348 e. The van der Waals surface area contributed by atoms with Gasteiger partial charge in [0.15, 0.2) is 0 Å². The van der Waals surface area contributed by atoms with Gasteiger partial charge in [-0.15, -0.1) is 0 Å². The molecule has 0 atom stereocenters. The number of hydrogen-bond acceptors (Lipinski definition) is 4. The molecule has 0 saturated carbocycles. The number of methoxy groups -OCH3 is 1. The molecule has 0 bridgehead atoms. The van der Waals surface area contributed by atoms with Crippen LogP contribution in [0.3, 0.4) is 0 Å². The normalized spacial score (nSPS) is 10.8. The summed E-state index contributed by atoms with van der Waals surface area (Å²) in [6, 6.07) is 12.4. The van der Waals surface area contributed by atoms with Gasteiger partial charge in [-0.1, -0.05) is 30.3 Å². The molecule has 0 aliphatic rings. The summed E-state index contributed by atoms with van der Waals surface area (Å²) < 4.78 is 11.1. The molecule has 3 aromatic rings. The minimum atomic E-state index is -0.591. The maximum atomic E-state index is 12.2. The van der Waals surface area contributed by atoms with Crippen LogP contribution < -0.4 is 10.4 Å². The van der Waals surface area contributed by atoms with Crippen molar-refractivity contribution in [2.75, 3.05) is 7.11 Å². The van der Waals surface area contributed by atoms with E-state index in [4.69, 9.17) is 9.15 Å². The first kappa shape index (κ1) is 13.7. The monoisotopic (exact) mass is 346 g/mol. The molecule has 0 unspecified atom stereocenters. The van der Waals surface area contributed by atoms with Crippen molar-refractivity contribution >= 4 is 26.7 Å². The molecule has 1 N–H and O–H groups in total. The van der Waals surface area contributed by atoms with Crippen LogP contribution in [0.15, 0.2) is 56.1 Å². The molecule has 21 heavy (non-hydrogen) atoms. The molecular weight excluding hydrogens is 336 g/mol. The summed E-state index contributed by atoms with van der Waals surface area (Å²) in [5.74, 6) is 0.712. The lowest BCUT2D eigenvalue weighted by atomic mass is 10.1. The molecule has 106 valence electrons. The second kappa shape index (κ2) is 5.26. The van der Waals surface area contributed by atoms with Crippen molar-refractivity contribution in [3.05, 3.63) is 57.4 Å². The highest BCUT2D eigenvalue weighted by atomic mass is 79.9. The number of phenols is 1. The van der Waals surface area contributed by atoms with Crippen molar-refractivity contribution in [1.82, 2.24) is 0 Å². The number of halogens is 1. The molecule has 5 heteroatoms. The van der Waals surface area contributed by atoms with E-state index in [9.17, 15) is 9.90 Å². The lowest BCUT2D eigenvalue weighted by Gasteiger charge is -2.09. The van der Waals surface area contributed by atoms with Crippen LogP contribution >= 0.6 is 15.9 Å². The standard InChI is InChI=1S/C16H11BrO4/c1-20-13-8-11(18)14-10(15(13)17)7-12(21-16(14)19)9-5-3-2-4-6-9/h2-8,18H,1H3. The topological polar surface area (TPSA) is 59.7 Å². The van der Waals surface area contributed by atoms with E-state index in [1.54, 1.807) is 6.07 Å². The molecule has 0 spiro atoms. The first-order valence-corrected chi connectivity index (χ1v) is 7.00. The van der Waals surface area contributed by atoms with Crippen molar-refractivity contribution in [2.45, 2.75) is 0 Å². The first-order chi connectivity index (χ1) is 10.1. The summed E-state index contributed by atoms with van der Waals surface area (Å²) in [7, 11) is 1.49. The average molecular weight is 347 g/mol. The largest absolute Gasteiger partial charge is 0.507 e. The number of hydrogen-bond donors (Lipinski definition) is 1. The fourth-order valence-corrected chi connectivity index (χ4v) is 2.78. The zero-order valence-corrected chi connectivity index (χ0v) is 12.7.